The first-order chi connectivity index (χ1) is 13.6. The summed E-state index contributed by atoms with van der Waals surface area (Å²) in [5.74, 6) is 1.76. The van der Waals surface area contributed by atoms with Gasteiger partial charge in [-0.2, -0.15) is 0 Å². The quantitative estimate of drug-likeness (QED) is 0.581. The zero-order chi connectivity index (χ0) is 19.5. The SMILES string of the molecule is CC1C=CC=C(c2ccc(NC3=CC=C(C4=CC=CCC4C)CC3C)cc2)C1. The Bertz CT molecular complexity index is 902. The molecule has 1 aromatic carbocycles. The molecule has 3 unspecified atom stereocenters. The molecule has 1 nitrogen and oxygen atoms in total. The number of hydrogen-bond donors (Lipinski definition) is 1. The van der Waals surface area contributed by atoms with Crippen molar-refractivity contribution in [2.45, 2.75) is 40.0 Å². The van der Waals surface area contributed by atoms with Crippen LogP contribution in [0.3, 0.4) is 0 Å². The fourth-order valence-electron chi connectivity index (χ4n) is 4.40. The molecule has 4 rings (SSSR count). The summed E-state index contributed by atoms with van der Waals surface area (Å²) in [7, 11) is 0. The molecule has 0 bridgehead atoms. The first kappa shape index (κ1) is 18.8. The summed E-state index contributed by atoms with van der Waals surface area (Å²) in [6.45, 7) is 6.93. The predicted octanol–water partition coefficient (Wildman–Crippen LogP) is 7.45. The van der Waals surface area contributed by atoms with E-state index in [1.54, 1.807) is 0 Å². The summed E-state index contributed by atoms with van der Waals surface area (Å²) >= 11 is 0. The lowest BCUT2D eigenvalue weighted by molar-refractivity contribution is 0.629. The van der Waals surface area contributed by atoms with Crippen LogP contribution in [-0.2, 0) is 0 Å². The van der Waals surface area contributed by atoms with Crippen LogP contribution in [0, 0.1) is 17.8 Å². The van der Waals surface area contributed by atoms with Crippen molar-refractivity contribution >= 4 is 11.3 Å². The Balaban J connectivity index is 1.47. The molecule has 0 fully saturated rings. The third-order valence-electron chi connectivity index (χ3n) is 6.15. The second-order valence-electron chi connectivity index (χ2n) is 8.57. The molecule has 144 valence electrons. The maximum atomic E-state index is 3.65. The maximum absolute atomic E-state index is 3.65. The van der Waals surface area contributed by atoms with Crippen LogP contribution in [0.4, 0.5) is 5.69 Å². The number of anilines is 1. The van der Waals surface area contributed by atoms with Crippen LogP contribution in [0.5, 0.6) is 0 Å². The second kappa shape index (κ2) is 8.22. The number of benzene rings is 1. The van der Waals surface area contributed by atoms with Crippen LogP contribution in [0.25, 0.3) is 5.57 Å². The zero-order valence-electron chi connectivity index (χ0n) is 17.3. The number of rotatable bonds is 4. The number of nitrogens with one attached hydrogen (secondary N) is 1. The fraction of sp³-hybridized carbons (Fsp3) is 0.333. The van der Waals surface area contributed by atoms with Crippen molar-refractivity contribution in [1.82, 2.24) is 0 Å². The first-order valence-electron chi connectivity index (χ1n) is 10.6. The molecule has 0 aromatic heterocycles. The topological polar surface area (TPSA) is 12.0 Å². The molecule has 1 heteroatoms. The molecule has 0 spiro atoms. The highest BCUT2D eigenvalue weighted by Crippen LogP contribution is 2.35. The molecular weight excluding hydrogens is 338 g/mol. The molecule has 0 radical (unpaired) electrons. The minimum Gasteiger partial charge on any atom is -0.359 e. The summed E-state index contributed by atoms with van der Waals surface area (Å²) in [6, 6.07) is 8.91. The predicted molar refractivity (Wildman–Crippen MR) is 122 cm³/mol. The first-order valence-corrected chi connectivity index (χ1v) is 10.6. The number of allylic oxidation sites excluding steroid dienone is 12. The van der Waals surface area contributed by atoms with Gasteiger partial charge in [0, 0.05) is 17.3 Å². The monoisotopic (exact) mass is 369 g/mol. The highest BCUT2D eigenvalue weighted by Gasteiger charge is 2.21. The Morgan fingerprint density at radius 3 is 2.32 bits per heavy atom. The lowest BCUT2D eigenvalue weighted by atomic mass is 9.81. The van der Waals surface area contributed by atoms with Crippen LogP contribution in [0.1, 0.15) is 45.6 Å². The van der Waals surface area contributed by atoms with Crippen LogP contribution in [-0.4, -0.2) is 0 Å². The van der Waals surface area contributed by atoms with E-state index < -0.39 is 0 Å². The van der Waals surface area contributed by atoms with Gasteiger partial charge in [0.05, 0.1) is 0 Å². The van der Waals surface area contributed by atoms with E-state index in [9.17, 15) is 0 Å². The molecule has 0 heterocycles. The summed E-state index contributed by atoms with van der Waals surface area (Å²) in [6.07, 6.45) is 21.5. The molecule has 1 N–H and O–H groups in total. The summed E-state index contributed by atoms with van der Waals surface area (Å²) in [5, 5.41) is 3.65. The van der Waals surface area contributed by atoms with E-state index in [4.69, 9.17) is 0 Å². The van der Waals surface area contributed by atoms with Crippen LogP contribution < -0.4 is 5.32 Å². The standard InChI is InChI=1S/C27H31N/c1-19-7-6-9-23(17-19)22-11-14-25(15-12-22)28-27-16-13-24(18-21(27)3)26-10-5-4-8-20(26)2/h4-7,9-16,19-21,28H,8,17-18H2,1-3H3. The van der Waals surface area contributed by atoms with E-state index in [1.807, 2.05) is 0 Å². The van der Waals surface area contributed by atoms with Crippen molar-refractivity contribution in [2.75, 3.05) is 5.32 Å². The van der Waals surface area contributed by atoms with Crippen molar-refractivity contribution in [3.05, 3.63) is 95.3 Å². The van der Waals surface area contributed by atoms with Crippen LogP contribution in [0.2, 0.25) is 0 Å². The highest BCUT2D eigenvalue weighted by atomic mass is 14.9. The van der Waals surface area contributed by atoms with E-state index in [0.717, 1.165) is 19.3 Å². The van der Waals surface area contributed by atoms with Crippen molar-refractivity contribution in [3.8, 4) is 0 Å². The molecule has 0 aliphatic heterocycles. The van der Waals surface area contributed by atoms with Crippen molar-refractivity contribution < 1.29 is 0 Å². The summed E-state index contributed by atoms with van der Waals surface area (Å²) in [5.41, 5.74) is 8.26. The van der Waals surface area contributed by atoms with Gasteiger partial charge in [-0.3, -0.25) is 0 Å². The van der Waals surface area contributed by atoms with E-state index in [1.165, 1.54) is 33.7 Å². The Morgan fingerprint density at radius 2 is 1.61 bits per heavy atom. The van der Waals surface area contributed by atoms with Gasteiger partial charge in [-0.25, -0.2) is 0 Å². The zero-order valence-corrected chi connectivity index (χ0v) is 17.3. The Hall–Kier alpha value is -2.54. The molecule has 0 saturated carbocycles. The van der Waals surface area contributed by atoms with Crippen molar-refractivity contribution in [1.29, 1.82) is 0 Å². The van der Waals surface area contributed by atoms with E-state index >= 15 is 0 Å². The van der Waals surface area contributed by atoms with Gasteiger partial charge in [-0.05, 0) is 71.6 Å². The maximum Gasteiger partial charge on any atom is 0.0382 e. The van der Waals surface area contributed by atoms with Gasteiger partial charge in [0.2, 0.25) is 0 Å². The van der Waals surface area contributed by atoms with Gasteiger partial charge in [-0.1, -0.05) is 75.4 Å². The van der Waals surface area contributed by atoms with Gasteiger partial charge in [0.15, 0.2) is 0 Å². The van der Waals surface area contributed by atoms with Crippen molar-refractivity contribution in [2.24, 2.45) is 17.8 Å². The Kier molecular flexibility index (Phi) is 5.52. The summed E-state index contributed by atoms with van der Waals surface area (Å²) < 4.78 is 0. The largest absolute Gasteiger partial charge is 0.359 e. The van der Waals surface area contributed by atoms with E-state index in [-0.39, 0.29) is 0 Å². The van der Waals surface area contributed by atoms with Gasteiger partial charge in [0.25, 0.3) is 0 Å². The third-order valence-corrected chi connectivity index (χ3v) is 6.15. The minimum atomic E-state index is 0.505. The normalized spacial score (nSPS) is 26.9. The molecule has 3 aliphatic rings. The molecule has 3 atom stereocenters. The molecular formula is C27H31N. The van der Waals surface area contributed by atoms with Gasteiger partial charge < -0.3 is 5.32 Å². The average molecular weight is 370 g/mol. The molecule has 28 heavy (non-hydrogen) atoms. The average Bonchev–Trinajstić information content (AvgIpc) is 2.70. The lowest BCUT2D eigenvalue weighted by Crippen LogP contribution is -2.15. The highest BCUT2D eigenvalue weighted by molar-refractivity contribution is 5.70. The Morgan fingerprint density at radius 1 is 0.786 bits per heavy atom. The van der Waals surface area contributed by atoms with Gasteiger partial charge in [0.1, 0.15) is 0 Å². The molecule has 1 aromatic rings. The smallest absolute Gasteiger partial charge is 0.0382 e. The molecule has 3 aliphatic carbocycles. The van der Waals surface area contributed by atoms with Gasteiger partial charge in [-0.15, -0.1) is 0 Å². The van der Waals surface area contributed by atoms with Crippen LogP contribution in [0.15, 0.2) is 89.7 Å². The summed E-state index contributed by atoms with van der Waals surface area (Å²) in [4.78, 5) is 0. The Labute approximate surface area is 169 Å². The van der Waals surface area contributed by atoms with E-state index in [0.29, 0.717) is 17.8 Å². The van der Waals surface area contributed by atoms with Crippen molar-refractivity contribution in [3.63, 3.8) is 0 Å². The van der Waals surface area contributed by atoms with E-state index in [2.05, 4.69) is 99.0 Å². The van der Waals surface area contributed by atoms with Crippen LogP contribution >= 0.6 is 0 Å². The molecule has 0 saturated heterocycles. The van der Waals surface area contributed by atoms with Gasteiger partial charge >= 0.3 is 0 Å². The lowest BCUT2D eigenvalue weighted by Gasteiger charge is -2.27. The minimum absolute atomic E-state index is 0.505. The molecule has 0 amide bonds. The fourth-order valence-corrected chi connectivity index (χ4v) is 4.40. The second-order valence-corrected chi connectivity index (χ2v) is 8.57. The number of hydrogen-bond acceptors (Lipinski definition) is 1. The third kappa shape index (κ3) is 4.14.